The van der Waals surface area contributed by atoms with Crippen LogP contribution in [0.3, 0.4) is 0 Å². The molecule has 21 heavy (non-hydrogen) atoms. The number of benzene rings is 1. The molecule has 2 amide bonds. The highest BCUT2D eigenvalue weighted by Gasteiger charge is 2.24. The molecule has 2 rings (SSSR count). The first-order valence-corrected chi connectivity index (χ1v) is 7.22. The van der Waals surface area contributed by atoms with E-state index in [2.05, 4.69) is 15.5 Å². The van der Waals surface area contributed by atoms with Gasteiger partial charge in [0.25, 0.3) is 0 Å². The lowest BCUT2D eigenvalue weighted by molar-refractivity contribution is 0.140. The van der Waals surface area contributed by atoms with Crippen LogP contribution in [-0.4, -0.2) is 50.3 Å². The van der Waals surface area contributed by atoms with Gasteiger partial charge in [0.05, 0.1) is 6.61 Å². The molecule has 5 nitrogen and oxygen atoms in total. The van der Waals surface area contributed by atoms with Crippen molar-refractivity contribution in [2.75, 3.05) is 38.7 Å². The standard InChI is InChI=1S/C15H22FN3O2/c1-21-9-8-19-7-3-6-14(19)11-17-15(20)18-13-5-2-4-12(16)10-13/h2,4-5,10,14H,3,6-9,11H2,1H3,(H2,17,18,20). The highest BCUT2D eigenvalue weighted by molar-refractivity contribution is 5.89. The van der Waals surface area contributed by atoms with Gasteiger partial charge in [-0.15, -0.1) is 0 Å². The van der Waals surface area contributed by atoms with Crippen LogP contribution < -0.4 is 10.6 Å². The summed E-state index contributed by atoms with van der Waals surface area (Å²) in [6.45, 7) is 3.21. The summed E-state index contributed by atoms with van der Waals surface area (Å²) in [5, 5.41) is 5.48. The molecule has 0 spiro atoms. The highest BCUT2D eigenvalue weighted by Crippen LogP contribution is 2.16. The van der Waals surface area contributed by atoms with Crippen molar-refractivity contribution in [1.29, 1.82) is 0 Å². The van der Waals surface area contributed by atoms with E-state index < -0.39 is 0 Å². The maximum atomic E-state index is 13.0. The average molecular weight is 295 g/mol. The summed E-state index contributed by atoms with van der Waals surface area (Å²) >= 11 is 0. The summed E-state index contributed by atoms with van der Waals surface area (Å²) < 4.78 is 18.1. The predicted molar refractivity (Wildman–Crippen MR) is 79.9 cm³/mol. The number of hydrogen-bond donors (Lipinski definition) is 2. The van der Waals surface area contributed by atoms with Crippen LogP contribution in [0.1, 0.15) is 12.8 Å². The minimum absolute atomic E-state index is 0.306. The van der Waals surface area contributed by atoms with Crippen molar-refractivity contribution < 1.29 is 13.9 Å². The smallest absolute Gasteiger partial charge is 0.319 e. The molecule has 1 saturated heterocycles. The number of nitrogens with one attached hydrogen (secondary N) is 2. The van der Waals surface area contributed by atoms with Gasteiger partial charge in [-0.3, -0.25) is 4.90 Å². The maximum Gasteiger partial charge on any atom is 0.319 e. The summed E-state index contributed by atoms with van der Waals surface area (Å²) in [5.74, 6) is -0.366. The Morgan fingerprint density at radius 3 is 3.14 bits per heavy atom. The van der Waals surface area contributed by atoms with Gasteiger partial charge in [0.2, 0.25) is 0 Å². The van der Waals surface area contributed by atoms with Crippen LogP contribution in [0.25, 0.3) is 0 Å². The van der Waals surface area contributed by atoms with Gasteiger partial charge in [0, 0.05) is 31.9 Å². The third-order valence-electron chi connectivity index (χ3n) is 3.66. The number of nitrogens with zero attached hydrogens (tertiary/aromatic N) is 1. The van der Waals surface area contributed by atoms with Crippen LogP contribution in [0.2, 0.25) is 0 Å². The molecule has 1 aliphatic rings. The van der Waals surface area contributed by atoms with Crippen molar-refractivity contribution in [3.05, 3.63) is 30.1 Å². The van der Waals surface area contributed by atoms with Gasteiger partial charge < -0.3 is 15.4 Å². The lowest BCUT2D eigenvalue weighted by Crippen LogP contribution is -2.42. The Labute approximate surface area is 124 Å². The Bertz CT molecular complexity index is 470. The number of amides is 2. The van der Waals surface area contributed by atoms with Crippen LogP contribution in [0.4, 0.5) is 14.9 Å². The Balaban J connectivity index is 1.75. The quantitative estimate of drug-likeness (QED) is 0.844. The van der Waals surface area contributed by atoms with E-state index in [4.69, 9.17) is 4.74 Å². The minimum atomic E-state index is -0.366. The van der Waals surface area contributed by atoms with Gasteiger partial charge in [-0.05, 0) is 37.6 Å². The molecular weight excluding hydrogens is 273 g/mol. The van der Waals surface area contributed by atoms with Crippen molar-refractivity contribution in [2.24, 2.45) is 0 Å². The van der Waals surface area contributed by atoms with Gasteiger partial charge in [0.1, 0.15) is 5.82 Å². The van der Waals surface area contributed by atoms with Crippen LogP contribution in [0, 0.1) is 5.82 Å². The highest BCUT2D eigenvalue weighted by atomic mass is 19.1. The average Bonchev–Trinajstić information content (AvgIpc) is 2.90. The van der Waals surface area contributed by atoms with E-state index in [0.29, 0.717) is 24.9 Å². The molecule has 1 aromatic rings. The number of ether oxygens (including phenoxy) is 1. The van der Waals surface area contributed by atoms with Gasteiger partial charge >= 0.3 is 6.03 Å². The number of rotatable bonds is 6. The van der Waals surface area contributed by atoms with E-state index in [1.165, 1.54) is 12.1 Å². The maximum absolute atomic E-state index is 13.0. The number of likely N-dealkylation sites (tertiary alicyclic amines) is 1. The Morgan fingerprint density at radius 1 is 1.52 bits per heavy atom. The molecule has 0 radical (unpaired) electrons. The molecule has 0 saturated carbocycles. The van der Waals surface area contributed by atoms with Crippen molar-refractivity contribution >= 4 is 11.7 Å². The lowest BCUT2D eigenvalue weighted by Gasteiger charge is -2.24. The number of halogens is 1. The zero-order valence-electron chi connectivity index (χ0n) is 12.3. The lowest BCUT2D eigenvalue weighted by atomic mass is 10.2. The fraction of sp³-hybridized carbons (Fsp3) is 0.533. The van der Waals surface area contributed by atoms with Crippen LogP contribution in [-0.2, 0) is 4.74 Å². The molecule has 0 aliphatic carbocycles. The Hall–Kier alpha value is -1.66. The third-order valence-corrected chi connectivity index (χ3v) is 3.66. The minimum Gasteiger partial charge on any atom is -0.383 e. The summed E-state index contributed by atoms with van der Waals surface area (Å²) in [4.78, 5) is 14.1. The summed E-state index contributed by atoms with van der Waals surface area (Å²) in [5.41, 5.74) is 0.454. The second-order valence-electron chi connectivity index (χ2n) is 5.17. The van der Waals surface area contributed by atoms with Crippen LogP contribution in [0.15, 0.2) is 24.3 Å². The molecule has 1 aromatic carbocycles. The monoisotopic (exact) mass is 295 g/mol. The Kier molecular flexibility index (Phi) is 5.95. The molecule has 0 aromatic heterocycles. The zero-order chi connectivity index (χ0) is 15.1. The van der Waals surface area contributed by atoms with Gasteiger partial charge in [-0.1, -0.05) is 6.07 Å². The molecule has 1 unspecified atom stereocenters. The summed E-state index contributed by atoms with van der Waals surface area (Å²) in [6, 6.07) is 5.89. The van der Waals surface area contributed by atoms with E-state index in [0.717, 1.165) is 25.9 Å². The van der Waals surface area contributed by atoms with E-state index in [-0.39, 0.29) is 11.8 Å². The first kappa shape index (κ1) is 15.7. The number of urea groups is 1. The molecule has 1 heterocycles. The molecule has 116 valence electrons. The van der Waals surface area contributed by atoms with Gasteiger partial charge in [-0.2, -0.15) is 0 Å². The van der Waals surface area contributed by atoms with Crippen molar-refractivity contribution in [2.45, 2.75) is 18.9 Å². The Morgan fingerprint density at radius 2 is 2.38 bits per heavy atom. The van der Waals surface area contributed by atoms with Crippen LogP contribution in [0.5, 0.6) is 0 Å². The fourth-order valence-electron chi connectivity index (χ4n) is 2.58. The van der Waals surface area contributed by atoms with E-state index in [9.17, 15) is 9.18 Å². The molecule has 1 atom stereocenters. The molecule has 1 aliphatic heterocycles. The summed E-state index contributed by atoms with van der Waals surface area (Å²) in [7, 11) is 1.69. The number of methoxy groups -OCH3 is 1. The van der Waals surface area contributed by atoms with Gasteiger partial charge in [0.15, 0.2) is 0 Å². The van der Waals surface area contributed by atoms with Crippen molar-refractivity contribution in [1.82, 2.24) is 10.2 Å². The molecule has 6 heteroatoms. The number of hydrogen-bond acceptors (Lipinski definition) is 3. The van der Waals surface area contributed by atoms with E-state index in [1.807, 2.05) is 0 Å². The largest absolute Gasteiger partial charge is 0.383 e. The zero-order valence-corrected chi connectivity index (χ0v) is 12.3. The fourth-order valence-corrected chi connectivity index (χ4v) is 2.58. The topological polar surface area (TPSA) is 53.6 Å². The second kappa shape index (κ2) is 7.95. The molecular formula is C15H22FN3O2. The van der Waals surface area contributed by atoms with E-state index >= 15 is 0 Å². The first-order valence-electron chi connectivity index (χ1n) is 7.22. The number of carbonyl (C=O) groups excluding carboxylic acids is 1. The number of carbonyl (C=O) groups is 1. The first-order chi connectivity index (χ1) is 10.2. The molecule has 1 fully saturated rings. The van der Waals surface area contributed by atoms with E-state index in [1.54, 1.807) is 19.2 Å². The number of anilines is 1. The summed E-state index contributed by atoms with van der Waals surface area (Å²) in [6.07, 6.45) is 2.21. The van der Waals surface area contributed by atoms with Crippen molar-refractivity contribution in [3.63, 3.8) is 0 Å². The van der Waals surface area contributed by atoms with Crippen LogP contribution >= 0.6 is 0 Å². The second-order valence-corrected chi connectivity index (χ2v) is 5.17. The molecule has 0 bridgehead atoms. The molecule has 2 N–H and O–H groups in total. The van der Waals surface area contributed by atoms with Gasteiger partial charge in [-0.25, -0.2) is 9.18 Å². The third kappa shape index (κ3) is 4.99. The SMILES string of the molecule is COCCN1CCCC1CNC(=O)Nc1cccc(F)c1. The predicted octanol–water partition coefficient (Wildman–Crippen LogP) is 2.06. The normalized spacial score (nSPS) is 18.7. The van der Waals surface area contributed by atoms with Crippen molar-refractivity contribution in [3.8, 4) is 0 Å².